The molecule has 1 aromatic carbocycles. The first-order valence-electron chi connectivity index (χ1n) is 5.33. The van der Waals surface area contributed by atoms with Crippen LogP contribution in [0.1, 0.15) is 31.9 Å². The Morgan fingerprint density at radius 1 is 1.18 bits per heavy atom. The van der Waals surface area contributed by atoms with Crippen molar-refractivity contribution in [2.75, 3.05) is 0 Å². The predicted molar refractivity (Wildman–Crippen MR) is 61.1 cm³/mol. The quantitative estimate of drug-likeness (QED) is 0.878. The molecule has 0 saturated carbocycles. The lowest BCUT2D eigenvalue weighted by Gasteiger charge is -2.19. The van der Waals surface area contributed by atoms with Crippen LogP contribution in [0.15, 0.2) is 24.3 Å². The molecular formula is C13H16F2O2. The van der Waals surface area contributed by atoms with Crippen LogP contribution in [0, 0.1) is 5.41 Å². The van der Waals surface area contributed by atoms with Crippen molar-refractivity contribution in [3.8, 4) is 0 Å². The summed E-state index contributed by atoms with van der Waals surface area (Å²) in [7, 11) is 0. The predicted octanol–water partition coefficient (Wildman–Crippen LogP) is 3.45. The van der Waals surface area contributed by atoms with Gasteiger partial charge in [-0.2, -0.15) is 0 Å². The molecule has 1 N–H and O–H groups in total. The smallest absolute Gasteiger partial charge is 0.309 e. The van der Waals surface area contributed by atoms with Gasteiger partial charge >= 0.3 is 5.97 Å². The Kier molecular flexibility index (Phi) is 3.55. The lowest BCUT2D eigenvalue weighted by atomic mass is 9.85. The molecule has 0 saturated heterocycles. The van der Waals surface area contributed by atoms with E-state index >= 15 is 0 Å². The van der Waals surface area contributed by atoms with E-state index in [9.17, 15) is 13.6 Å². The van der Waals surface area contributed by atoms with Crippen molar-refractivity contribution < 1.29 is 18.7 Å². The number of rotatable bonds is 4. The Bertz CT molecular complexity index is 402. The van der Waals surface area contributed by atoms with Gasteiger partial charge in [0.05, 0.1) is 5.41 Å². The van der Waals surface area contributed by atoms with Gasteiger partial charge in [0.1, 0.15) is 0 Å². The van der Waals surface area contributed by atoms with E-state index in [0.717, 1.165) is 12.5 Å². The van der Waals surface area contributed by atoms with Crippen molar-refractivity contribution in [1.29, 1.82) is 0 Å². The van der Waals surface area contributed by atoms with Crippen LogP contribution in [0.5, 0.6) is 0 Å². The molecular weight excluding hydrogens is 226 g/mol. The zero-order chi connectivity index (χ0) is 13.3. The number of benzene rings is 1. The lowest BCUT2D eigenvalue weighted by Crippen LogP contribution is -2.26. The molecule has 1 rings (SSSR count). The van der Waals surface area contributed by atoms with Crippen molar-refractivity contribution in [3.05, 3.63) is 35.4 Å². The Morgan fingerprint density at radius 3 is 2.00 bits per heavy atom. The van der Waals surface area contributed by atoms with Gasteiger partial charge in [0.2, 0.25) is 0 Å². The summed E-state index contributed by atoms with van der Waals surface area (Å²) >= 11 is 0. The largest absolute Gasteiger partial charge is 0.481 e. The molecule has 0 spiro atoms. The number of hydrogen-bond donors (Lipinski definition) is 1. The van der Waals surface area contributed by atoms with Gasteiger partial charge in [-0.1, -0.05) is 24.3 Å². The molecule has 0 aliphatic carbocycles. The van der Waals surface area contributed by atoms with Crippen molar-refractivity contribution in [2.24, 2.45) is 5.41 Å². The van der Waals surface area contributed by atoms with Crippen LogP contribution in [0.4, 0.5) is 8.78 Å². The summed E-state index contributed by atoms with van der Waals surface area (Å²) in [5.41, 5.74) is -0.212. The molecule has 0 aromatic heterocycles. The van der Waals surface area contributed by atoms with Crippen LogP contribution in [-0.4, -0.2) is 11.1 Å². The number of hydrogen-bond acceptors (Lipinski definition) is 1. The summed E-state index contributed by atoms with van der Waals surface area (Å²) in [6.45, 7) is 4.05. The molecule has 0 radical (unpaired) electrons. The SMILES string of the molecule is CC(C)(Cc1ccc(C(C)(F)F)cc1)C(=O)O. The van der Waals surface area contributed by atoms with Crippen LogP contribution in [0.3, 0.4) is 0 Å². The number of carbonyl (C=O) groups is 1. The van der Waals surface area contributed by atoms with E-state index in [-0.39, 0.29) is 5.56 Å². The zero-order valence-electron chi connectivity index (χ0n) is 10.1. The topological polar surface area (TPSA) is 37.3 Å². The van der Waals surface area contributed by atoms with E-state index in [2.05, 4.69) is 0 Å². The van der Waals surface area contributed by atoms with E-state index in [4.69, 9.17) is 5.11 Å². The van der Waals surface area contributed by atoms with Crippen LogP contribution in [0.25, 0.3) is 0 Å². The van der Waals surface area contributed by atoms with Gasteiger partial charge in [0.25, 0.3) is 5.92 Å². The highest BCUT2D eigenvalue weighted by Gasteiger charge is 2.28. The number of halogens is 2. The highest BCUT2D eigenvalue weighted by molar-refractivity contribution is 5.74. The summed E-state index contributed by atoms with van der Waals surface area (Å²) in [5, 5.41) is 8.97. The second kappa shape index (κ2) is 4.43. The number of carboxylic acids is 1. The number of carboxylic acid groups (broad SMARTS) is 1. The highest BCUT2D eigenvalue weighted by Crippen LogP contribution is 2.28. The summed E-state index contributed by atoms with van der Waals surface area (Å²) in [6.07, 6.45) is 0.317. The van der Waals surface area contributed by atoms with Crippen LogP contribution in [-0.2, 0) is 17.1 Å². The summed E-state index contributed by atoms with van der Waals surface area (Å²) in [5.74, 6) is -3.76. The Morgan fingerprint density at radius 2 is 1.65 bits per heavy atom. The van der Waals surface area contributed by atoms with E-state index in [1.54, 1.807) is 26.0 Å². The third-order valence-electron chi connectivity index (χ3n) is 2.69. The molecule has 2 nitrogen and oxygen atoms in total. The van der Waals surface area contributed by atoms with Crippen molar-refractivity contribution in [2.45, 2.75) is 33.1 Å². The molecule has 0 heterocycles. The standard InChI is InChI=1S/C13H16F2O2/c1-12(2,11(16)17)8-9-4-6-10(7-5-9)13(3,14)15/h4-7H,8H2,1-3H3,(H,16,17). The first-order valence-corrected chi connectivity index (χ1v) is 5.33. The fraction of sp³-hybridized carbons (Fsp3) is 0.462. The Balaban J connectivity index is 2.86. The second-order valence-electron chi connectivity index (χ2n) is 4.95. The molecule has 0 fully saturated rings. The minimum Gasteiger partial charge on any atom is -0.481 e. The molecule has 1 aromatic rings. The molecule has 0 bridgehead atoms. The monoisotopic (exact) mass is 242 g/mol. The lowest BCUT2D eigenvalue weighted by molar-refractivity contribution is -0.146. The fourth-order valence-corrected chi connectivity index (χ4v) is 1.50. The van der Waals surface area contributed by atoms with E-state index in [1.807, 2.05) is 0 Å². The summed E-state index contributed by atoms with van der Waals surface area (Å²) in [4.78, 5) is 10.9. The third kappa shape index (κ3) is 3.51. The first-order chi connectivity index (χ1) is 7.63. The van der Waals surface area contributed by atoms with Gasteiger partial charge in [-0.3, -0.25) is 4.79 Å². The maximum atomic E-state index is 13.0. The van der Waals surface area contributed by atoms with Crippen LogP contribution in [0.2, 0.25) is 0 Å². The minimum absolute atomic E-state index is 0.0608. The molecule has 0 atom stereocenters. The maximum Gasteiger partial charge on any atom is 0.309 e. The summed E-state index contributed by atoms with van der Waals surface area (Å²) < 4.78 is 25.9. The van der Waals surface area contributed by atoms with Gasteiger partial charge in [0, 0.05) is 12.5 Å². The van der Waals surface area contributed by atoms with E-state index in [1.165, 1.54) is 12.1 Å². The second-order valence-corrected chi connectivity index (χ2v) is 4.95. The minimum atomic E-state index is -2.86. The van der Waals surface area contributed by atoms with Crippen LogP contribution < -0.4 is 0 Å². The maximum absolute atomic E-state index is 13.0. The van der Waals surface area contributed by atoms with Crippen molar-refractivity contribution in [3.63, 3.8) is 0 Å². The van der Waals surface area contributed by atoms with Crippen molar-refractivity contribution >= 4 is 5.97 Å². The number of alkyl halides is 2. The van der Waals surface area contributed by atoms with E-state index in [0.29, 0.717) is 6.42 Å². The average Bonchev–Trinajstić information content (AvgIpc) is 2.16. The molecule has 17 heavy (non-hydrogen) atoms. The van der Waals surface area contributed by atoms with Gasteiger partial charge in [-0.25, -0.2) is 8.78 Å². The van der Waals surface area contributed by atoms with Crippen LogP contribution >= 0.6 is 0 Å². The molecule has 4 heteroatoms. The molecule has 0 unspecified atom stereocenters. The normalized spacial score (nSPS) is 12.5. The molecule has 94 valence electrons. The average molecular weight is 242 g/mol. The fourth-order valence-electron chi connectivity index (χ4n) is 1.50. The number of aliphatic carboxylic acids is 1. The Labute approximate surface area is 99.3 Å². The van der Waals surface area contributed by atoms with Gasteiger partial charge in [-0.05, 0) is 25.8 Å². The van der Waals surface area contributed by atoms with Gasteiger partial charge in [-0.15, -0.1) is 0 Å². The molecule has 0 aliphatic heterocycles. The van der Waals surface area contributed by atoms with Gasteiger partial charge < -0.3 is 5.11 Å². The zero-order valence-corrected chi connectivity index (χ0v) is 10.1. The molecule has 0 aliphatic rings. The summed E-state index contributed by atoms with van der Waals surface area (Å²) in [6, 6.07) is 5.79. The van der Waals surface area contributed by atoms with Crippen molar-refractivity contribution in [1.82, 2.24) is 0 Å². The first kappa shape index (κ1) is 13.6. The third-order valence-corrected chi connectivity index (χ3v) is 2.69. The highest BCUT2D eigenvalue weighted by atomic mass is 19.3. The molecule has 0 amide bonds. The van der Waals surface area contributed by atoms with E-state index < -0.39 is 17.3 Å². The Hall–Kier alpha value is -1.45. The van der Waals surface area contributed by atoms with Gasteiger partial charge in [0.15, 0.2) is 0 Å².